The van der Waals surface area contributed by atoms with Crippen LogP contribution in [0.3, 0.4) is 0 Å². The molecule has 0 aromatic carbocycles. The SMILES string of the molecule is CCCCCCCCCCCCOP([O-])(=S)[S-].CCCCCCCCCCCCOP([O-])(=S)[S-].O=S.[Mo+4]. The zero-order valence-electron chi connectivity index (χ0n) is 22.9. The van der Waals surface area contributed by atoms with Crippen LogP contribution in [-0.4, -0.2) is 17.4 Å². The van der Waals surface area contributed by atoms with Crippen LogP contribution in [0.25, 0.3) is 0 Å². The van der Waals surface area contributed by atoms with Crippen molar-refractivity contribution in [1.29, 1.82) is 0 Å². The van der Waals surface area contributed by atoms with E-state index in [1.165, 1.54) is 103 Å². The van der Waals surface area contributed by atoms with Crippen molar-refractivity contribution in [3.05, 3.63) is 0 Å². The summed E-state index contributed by atoms with van der Waals surface area (Å²) >= 11 is 20.8. The summed E-state index contributed by atoms with van der Waals surface area (Å²) in [5, 5.41) is 0. The van der Waals surface area contributed by atoms with Gasteiger partial charge in [-0.05, 0) is 12.8 Å². The van der Waals surface area contributed by atoms with Crippen LogP contribution >= 0.6 is 11.4 Å². The Morgan fingerprint density at radius 2 is 0.703 bits per heavy atom. The van der Waals surface area contributed by atoms with E-state index in [4.69, 9.17) is 13.3 Å². The van der Waals surface area contributed by atoms with Crippen molar-refractivity contribution in [2.45, 2.75) is 142 Å². The minimum atomic E-state index is -3.08. The van der Waals surface area contributed by atoms with Gasteiger partial charge in [0.15, 0.2) is 12.5 Å². The van der Waals surface area contributed by atoms with Crippen molar-refractivity contribution >= 4 is 72.0 Å². The number of hydrogen-bond donors (Lipinski definition) is 0. The van der Waals surface area contributed by atoms with E-state index in [9.17, 15) is 9.79 Å². The molecular formula is C24H50MoO5P2S5. The van der Waals surface area contributed by atoms with Gasteiger partial charge in [-0.3, -0.25) is 0 Å². The molecule has 2 atom stereocenters. The average Bonchev–Trinajstić information content (AvgIpc) is 2.81. The second-order valence-electron chi connectivity index (χ2n) is 8.92. The second kappa shape index (κ2) is 36.6. The van der Waals surface area contributed by atoms with Gasteiger partial charge in [0.25, 0.3) is 0 Å². The van der Waals surface area contributed by atoms with E-state index in [-0.39, 0.29) is 21.1 Å². The van der Waals surface area contributed by atoms with Gasteiger partial charge in [0.1, 0.15) is 0 Å². The third-order valence-electron chi connectivity index (χ3n) is 5.49. The fourth-order valence-electron chi connectivity index (χ4n) is 3.53. The average molecular weight is 737 g/mol. The third kappa shape index (κ3) is 55.2. The van der Waals surface area contributed by atoms with Crippen molar-refractivity contribution in [3.63, 3.8) is 0 Å². The Morgan fingerprint density at radius 1 is 0.514 bits per heavy atom. The monoisotopic (exact) mass is 738 g/mol. The topological polar surface area (TPSA) is 81.7 Å². The van der Waals surface area contributed by atoms with Crippen LogP contribution in [0.2, 0.25) is 0 Å². The maximum atomic E-state index is 10.9. The molecule has 0 rings (SSSR count). The van der Waals surface area contributed by atoms with Crippen LogP contribution in [0.5, 0.6) is 0 Å². The van der Waals surface area contributed by atoms with Gasteiger partial charge in [0.05, 0.1) is 0 Å². The van der Waals surface area contributed by atoms with Crippen molar-refractivity contribution in [3.8, 4) is 0 Å². The van der Waals surface area contributed by atoms with Gasteiger partial charge in [0, 0.05) is 13.2 Å². The summed E-state index contributed by atoms with van der Waals surface area (Å²) in [6.45, 7) is 5.40. The predicted octanol–water partition coefficient (Wildman–Crippen LogP) is 7.77. The van der Waals surface area contributed by atoms with Gasteiger partial charge in [-0.2, -0.15) is 4.21 Å². The molecule has 13 heteroatoms. The fourth-order valence-corrected chi connectivity index (χ4v) is 5.13. The quantitative estimate of drug-likeness (QED) is 0.0425. The molecule has 0 heterocycles. The molecule has 0 aromatic rings. The maximum absolute atomic E-state index is 10.9. The zero-order chi connectivity index (χ0) is 28.0. The minimum Gasteiger partial charge on any atom is -0.819 e. The molecule has 0 bridgehead atoms. The summed E-state index contributed by atoms with van der Waals surface area (Å²) in [7, 11) is 0. The van der Waals surface area contributed by atoms with Crippen LogP contribution in [0, 0.1) is 0 Å². The van der Waals surface area contributed by atoms with Gasteiger partial charge in [-0.1, -0.05) is 129 Å². The molecule has 0 saturated carbocycles. The van der Waals surface area contributed by atoms with Crippen LogP contribution in [-0.2, 0) is 90.8 Å². The Hall–Kier alpha value is 2.55. The number of unbranched alkanes of at least 4 members (excludes halogenated alkanes) is 18. The first-order valence-electron chi connectivity index (χ1n) is 13.6. The summed E-state index contributed by atoms with van der Waals surface area (Å²) < 4.78 is 17.6. The maximum Gasteiger partial charge on any atom is 4.00 e. The summed E-state index contributed by atoms with van der Waals surface area (Å²) in [5.74, 6) is 0. The standard InChI is InChI=1S/2C12H27O2PS2.Mo.OS/c2*1-2-3-4-5-6-7-8-9-10-11-12-14-15(13,16)17;;1-2/h2*2-12H2,1H3,(H2,13,16,17);;/q;;+4;/p-4. The summed E-state index contributed by atoms with van der Waals surface area (Å²) in [4.78, 5) is 21.8. The van der Waals surface area contributed by atoms with E-state index in [0.29, 0.717) is 13.2 Å². The molecule has 0 spiro atoms. The second-order valence-corrected chi connectivity index (χ2v) is 18.4. The number of hydrogen-bond acceptors (Lipinski definition) is 10. The Morgan fingerprint density at radius 3 is 0.892 bits per heavy atom. The van der Waals surface area contributed by atoms with Gasteiger partial charge >= 0.3 is 21.1 Å². The van der Waals surface area contributed by atoms with Gasteiger partial charge < -0.3 is 43.3 Å². The molecule has 0 radical (unpaired) electrons. The zero-order valence-corrected chi connectivity index (χ0v) is 30.8. The molecule has 222 valence electrons. The smallest absolute Gasteiger partial charge is 0.819 e. The fraction of sp³-hybridized carbons (Fsp3) is 1.00. The Bertz CT molecular complexity index is 484. The van der Waals surface area contributed by atoms with Crippen molar-refractivity contribution < 1.29 is 44.1 Å². The first-order chi connectivity index (χ1) is 17.1. The molecule has 0 saturated heterocycles. The van der Waals surface area contributed by atoms with E-state index in [0.717, 1.165) is 25.7 Å². The predicted molar refractivity (Wildman–Crippen MR) is 167 cm³/mol. The van der Waals surface area contributed by atoms with Gasteiger partial charge in [-0.15, -0.1) is 35.0 Å². The van der Waals surface area contributed by atoms with Crippen molar-refractivity contribution in [2.75, 3.05) is 13.2 Å². The van der Waals surface area contributed by atoms with Crippen LogP contribution in [0.1, 0.15) is 142 Å². The van der Waals surface area contributed by atoms with Crippen LogP contribution in [0.4, 0.5) is 0 Å². The van der Waals surface area contributed by atoms with E-state index in [1.54, 1.807) is 0 Å². The van der Waals surface area contributed by atoms with Crippen LogP contribution < -0.4 is 9.79 Å². The van der Waals surface area contributed by atoms with Gasteiger partial charge in [-0.25, -0.2) is 0 Å². The van der Waals surface area contributed by atoms with E-state index >= 15 is 0 Å². The molecule has 0 aliphatic rings. The number of rotatable bonds is 24. The first kappa shape index (κ1) is 46.5. The van der Waals surface area contributed by atoms with Crippen molar-refractivity contribution in [2.24, 2.45) is 0 Å². The summed E-state index contributed by atoms with van der Waals surface area (Å²) in [5.41, 5.74) is -6.15. The molecule has 0 aliphatic heterocycles. The molecular weight excluding hydrogens is 686 g/mol. The van der Waals surface area contributed by atoms with E-state index < -0.39 is 11.4 Å². The third-order valence-corrected chi connectivity index (χ3v) is 7.76. The molecule has 0 aromatic heterocycles. The van der Waals surface area contributed by atoms with Gasteiger partial charge in [0.2, 0.25) is 0 Å². The molecule has 0 amide bonds. The molecule has 0 fully saturated rings. The van der Waals surface area contributed by atoms with Crippen molar-refractivity contribution in [1.82, 2.24) is 0 Å². The Labute approximate surface area is 269 Å². The normalized spacial score (nSPS) is 13.7. The summed E-state index contributed by atoms with van der Waals surface area (Å²) in [6, 6.07) is 0. The first-order valence-corrected chi connectivity index (χ1v) is 21.3. The van der Waals surface area contributed by atoms with E-state index in [1.807, 2.05) is 0 Å². The molecule has 2 unspecified atom stereocenters. The molecule has 0 N–H and O–H groups in total. The summed E-state index contributed by atoms with van der Waals surface area (Å²) in [6.07, 6.45) is 25.5. The Balaban J connectivity index is -0.000000269. The minimum absolute atomic E-state index is 0. The van der Waals surface area contributed by atoms with Crippen LogP contribution in [0.15, 0.2) is 0 Å². The largest absolute Gasteiger partial charge is 4.00 e. The van der Waals surface area contributed by atoms with E-state index in [2.05, 4.69) is 74.5 Å². The Kier molecular flexibility index (Phi) is 46.0. The molecule has 0 aliphatic carbocycles. The molecule has 5 nitrogen and oxygen atoms in total. The molecule has 37 heavy (non-hydrogen) atoms.